The molecule has 0 spiro atoms. The monoisotopic (exact) mass is 485 g/mol. The zero-order chi connectivity index (χ0) is 26.1. The second-order valence-corrected chi connectivity index (χ2v) is 7.59. The van der Waals surface area contributed by atoms with E-state index in [1.54, 1.807) is 30.3 Å². The SMILES string of the molecule is C=CCc1cc(/C=C(\C#N)C(=O)Nc2ccc(O)cc2)cc(OC)c1OCc1ccc([N+](=O)[O-])cc1. The summed E-state index contributed by atoms with van der Waals surface area (Å²) in [5.74, 6) is 0.298. The maximum Gasteiger partial charge on any atom is 0.269 e. The van der Waals surface area contributed by atoms with Crippen LogP contribution in [0.1, 0.15) is 16.7 Å². The molecule has 9 heteroatoms. The number of phenolic OH excluding ortho intramolecular Hbond substituents is 1. The van der Waals surface area contributed by atoms with Gasteiger partial charge in [0.15, 0.2) is 11.5 Å². The van der Waals surface area contributed by atoms with Gasteiger partial charge in [0.25, 0.3) is 11.6 Å². The summed E-state index contributed by atoms with van der Waals surface area (Å²) < 4.78 is 11.5. The van der Waals surface area contributed by atoms with Crippen molar-refractivity contribution in [3.63, 3.8) is 0 Å². The molecule has 9 nitrogen and oxygen atoms in total. The lowest BCUT2D eigenvalue weighted by Gasteiger charge is -2.16. The number of nitriles is 1. The lowest BCUT2D eigenvalue weighted by atomic mass is 10.0. The summed E-state index contributed by atoms with van der Waals surface area (Å²) in [4.78, 5) is 23.0. The highest BCUT2D eigenvalue weighted by Gasteiger charge is 2.15. The van der Waals surface area contributed by atoms with Gasteiger partial charge >= 0.3 is 0 Å². The number of methoxy groups -OCH3 is 1. The van der Waals surface area contributed by atoms with Crippen LogP contribution in [-0.2, 0) is 17.8 Å². The normalized spacial score (nSPS) is 10.7. The fourth-order valence-electron chi connectivity index (χ4n) is 3.32. The number of hydrogen-bond acceptors (Lipinski definition) is 7. The third kappa shape index (κ3) is 6.48. The van der Waals surface area contributed by atoms with Gasteiger partial charge in [0.1, 0.15) is 24.0 Å². The molecule has 3 rings (SSSR count). The molecule has 0 heterocycles. The third-order valence-corrected chi connectivity index (χ3v) is 5.07. The van der Waals surface area contributed by atoms with Crippen molar-refractivity contribution < 1.29 is 24.3 Å². The quantitative estimate of drug-likeness (QED) is 0.101. The second kappa shape index (κ2) is 11.9. The number of nitro benzene ring substituents is 1. The predicted octanol–water partition coefficient (Wildman–Crippen LogP) is 5.16. The van der Waals surface area contributed by atoms with Crippen LogP contribution in [0.15, 0.2) is 78.9 Å². The van der Waals surface area contributed by atoms with Gasteiger partial charge in [0.2, 0.25) is 0 Å². The molecule has 0 fully saturated rings. The number of hydrogen-bond donors (Lipinski definition) is 2. The van der Waals surface area contributed by atoms with E-state index in [2.05, 4.69) is 11.9 Å². The van der Waals surface area contributed by atoms with Crippen LogP contribution in [0.3, 0.4) is 0 Å². The fraction of sp³-hybridized carbons (Fsp3) is 0.111. The third-order valence-electron chi connectivity index (χ3n) is 5.07. The first-order valence-corrected chi connectivity index (χ1v) is 10.7. The molecule has 2 N–H and O–H groups in total. The summed E-state index contributed by atoms with van der Waals surface area (Å²) in [6, 6.07) is 17.2. The first kappa shape index (κ1) is 25.5. The van der Waals surface area contributed by atoms with Crippen LogP contribution in [-0.4, -0.2) is 23.0 Å². The minimum atomic E-state index is -0.606. The van der Waals surface area contributed by atoms with Gasteiger partial charge in [0, 0.05) is 23.4 Å². The van der Waals surface area contributed by atoms with Crippen LogP contribution in [0, 0.1) is 21.4 Å². The number of nitrogens with one attached hydrogen (secondary N) is 1. The van der Waals surface area contributed by atoms with E-state index in [4.69, 9.17) is 9.47 Å². The van der Waals surface area contributed by atoms with E-state index in [0.29, 0.717) is 34.7 Å². The van der Waals surface area contributed by atoms with E-state index in [-0.39, 0.29) is 23.6 Å². The van der Waals surface area contributed by atoms with E-state index in [1.165, 1.54) is 49.6 Å². The molecule has 3 aromatic carbocycles. The Kier molecular flexibility index (Phi) is 8.40. The van der Waals surface area contributed by atoms with E-state index in [1.807, 2.05) is 6.07 Å². The summed E-state index contributed by atoms with van der Waals surface area (Å²) in [5.41, 5.74) is 2.28. The number of ether oxygens (including phenoxy) is 2. The zero-order valence-electron chi connectivity index (χ0n) is 19.4. The summed E-state index contributed by atoms with van der Waals surface area (Å²) in [5, 5.41) is 32.4. The number of anilines is 1. The van der Waals surface area contributed by atoms with Gasteiger partial charge in [-0.15, -0.1) is 6.58 Å². The molecule has 0 saturated carbocycles. The van der Waals surface area contributed by atoms with Gasteiger partial charge < -0.3 is 19.9 Å². The topological polar surface area (TPSA) is 135 Å². The van der Waals surface area contributed by atoms with E-state index in [0.717, 1.165) is 5.56 Å². The zero-order valence-corrected chi connectivity index (χ0v) is 19.4. The minimum absolute atomic E-state index is 0.0115. The van der Waals surface area contributed by atoms with Crippen LogP contribution in [0.5, 0.6) is 17.2 Å². The van der Waals surface area contributed by atoms with Crippen LogP contribution in [0.2, 0.25) is 0 Å². The Hall–Kier alpha value is -5.10. The fourth-order valence-corrected chi connectivity index (χ4v) is 3.32. The number of nitro groups is 1. The second-order valence-electron chi connectivity index (χ2n) is 7.59. The lowest BCUT2D eigenvalue weighted by Crippen LogP contribution is -2.13. The number of benzene rings is 3. The Labute approximate surface area is 207 Å². The molecule has 0 radical (unpaired) electrons. The summed E-state index contributed by atoms with van der Waals surface area (Å²) in [6.45, 7) is 3.92. The highest BCUT2D eigenvalue weighted by Crippen LogP contribution is 2.35. The lowest BCUT2D eigenvalue weighted by molar-refractivity contribution is -0.384. The molecule has 0 aliphatic heterocycles. The van der Waals surface area contributed by atoms with Crippen molar-refractivity contribution in [2.45, 2.75) is 13.0 Å². The molecule has 0 aromatic heterocycles. The number of carbonyl (C=O) groups excluding carboxylic acids is 1. The van der Waals surface area contributed by atoms with Crippen LogP contribution in [0.25, 0.3) is 6.08 Å². The number of allylic oxidation sites excluding steroid dienone is 1. The van der Waals surface area contributed by atoms with Crippen molar-refractivity contribution >= 4 is 23.4 Å². The van der Waals surface area contributed by atoms with E-state index in [9.17, 15) is 25.3 Å². The van der Waals surface area contributed by atoms with Gasteiger partial charge in [-0.3, -0.25) is 14.9 Å². The molecular formula is C27H23N3O6. The molecule has 0 atom stereocenters. The van der Waals surface area contributed by atoms with Gasteiger partial charge in [-0.25, -0.2) is 0 Å². The predicted molar refractivity (Wildman–Crippen MR) is 135 cm³/mol. The van der Waals surface area contributed by atoms with Gasteiger partial charge in [0.05, 0.1) is 12.0 Å². The highest BCUT2D eigenvalue weighted by atomic mass is 16.6. The molecule has 36 heavy (non-hydrogen) atoms. The number of carbonyl (C=O) groups is 1. The number of amides is 1. The Bertz CT molecular complexity index is 1340. The largest absolute Gasteiger partial charge is 0.508 e. The number of non-ortho nitro benzene ring substituents is 1. The van der Waals surface area contributed by atoms with Crippen molar-refractivity contribution in [3.8, 4) is 23.3 Å². The van der Waals surface area contributed by atoms with Crippen LogP contribution in [0.4, 0.5) is 11.4 Å². The Balaban J connectivity index is 1.87. The van der Waals surface area contributed by atoms with Crippen molar-refractivity contribution in [1.82, 2.24) is 0 Å². The number of rotatable bonds is 10. The van der Waals surface area contributed by atoms with Crippen LogP contribution >= 0.6 is 0 Å². The average molecular weight is 485 g/mol. The number of aromatic hydroxyl groups is 1. The Morgan fingerprint density at radius 2 is 1.89 bits per heavy atom. The summed E-state index contributed by atoms with van der Waals surface area (Å²) in [6.07, 6.45) is 3.55. The van der Waals surface area contributed by atoms with E-state index >= 15 is 0 Å². The highest BCUT2D eigenvalue weighted by molar-refractivity contribution is 6.09. The van der Waals surface area contributed by atoms with Crippen molar-refractivity contribution in [1.29, 1.82) is 5.26 Å². The maximum absolute atomic E-state index is 12.6. The number of phenols is 1. The molecule has 3 aromatic rings. The maximum atomic E-state index is 12.6. The molecule has 182 valence electrons. The molecule has 0 unspecified atom stereocenters. The first-order chi connectivity index (χ1) is 17.3. The summed E-state index contributed by atoms with van der Waals surface area (Å²) >= 11 is 0. The van der Waals surface area contributed by atoms with Gasteiger partial charge in [-0.1, -0.05) is 6.08 Å². The van der Waals surface area contributed by atoms with Crippen LogP contribution < -0.4 is 14.8 Å². The number of nitrogens with zero attached hydrogens (tertiary/aromatic N) is 2. The molecule has 0 aliphatic rings. The minimum Gasteiger partial charge on any atom is -0.508 e. The average Bonchev–Trinajstić information content (AvgIpc) is 2.88. The summed E-state index contributed by atoms with van der Waals surface area (Å²) in [7, 11) is 1.47. The van der Waals surface area contributed by atoms with Crippen molar-refractivity contribution in [3.05, 3.63) is 106 Å². The van der Waals surface area contributed by atoms with Gasteiger partial charge in [-0.05, 0) is 72.2 Å². The van der Waals surface area contributed by atoms with E-state index < -0.39 is 10.8 Å². The Morgan fingerprint density at radius 3 is 2.47 bits per heavy atom. The standard InChI is InChI=1S/C27H23N3O6/c1-3-4-20-13-19(14-21(16-28)27(32)29-22-7-11-24(31)12-8-22)15-25(35-2)26(20)36-17-18-5-9-23(10-6-18)30(33)34/h3,5-15,31H,1,4,17H2,2H3,(H,29,32)/b21-14+. The first-order valence-electron chi connectivity index (χ1n) is 10.7. The molecule has 1 amide bonds. The molecule has 0 bridgehead atoms. The Morgan fingerprint density at radius 1 is 1.19 bits per heavy atom. The molecule has 0 saturated heterocycles. The molecule has 0 aliphatic carbocycles. The molecular weight excluding hydrogens is 462 g/mol. The van der Waals surface area contributed by atoms with Crippen molar-refractivity contribution in [2.24, 2.45) is 0 Å². The van der Waals surface area contributed by atoms with Gasteiger partial charge in [-0.2, -0.15) is 5.26 Å². The van der Waals surface area contributed by atoms with Crippen molar-refractivity contribution in [2.75, 3.05) is 12.4 Å². The smallest absolute Gasteiger partial charge is 0.269 e.